The molecular weight excluding hydrogens is 312 g/mol. The molecule has 7 heteroatoms. The van der Waals surface area contributed by atoms with Gasteiger partial charge in [-0.2, -0.15) is 0 Å². The summed E-state index contributed by atoms with van der Waals surface area (Å²) in [5.41, 5.74) is -1.23. The average Bonchev–Trinajstić information content (AvgIpc) is 2.58. The van der Waals surface area contributed by atoms with Crippen molar-refractivity contribution >= 4 is 17.8 Å². The summed E-state index contributed by atoms with van der Waals surface area (Å²) >= 11 is 0. The first-order valence-electron chi connectivity index (χ1n) is 7.84. The largest absolute Gasteiger partial charge is 0.480 e. The Kier molecular flexibility index (Phi) is 6.91. The van der Waals surface area contributed by atoms with Gasteiger partial charge in [0.1, 0.15) is 11.6 Å². The maximum absolute atomic E-state index is 12.8. The van der Waals surface area contributed by atoms with Crippen LogP contribution in [0, 0.1) is 0 Å². The van der Waals surface area contributed by atoms with Gasteiger partial charge < -0.3 is 20.4 Å². The van der Waals surface area contributed by atoms with Crippen LogP contribution in [0.25, 0.3) is 0 Å². The monoisotopic (exact) mass is 336 g/mol. The fraction of sp³-hybridized carbons (Fsp3) is 0.471. The number of carbonyl (C=O) groups excluding carboxylic acids is 1. The molecule has 0 radical (unpaired) electrons. The third-order valence-corrected chi connectivity index (χ3v) is 4.27. The van der Waals surface area contributed by atoms with Crippen LogP contribution in [-0.2, 0) is 9.59 Å². The zero-order valence-corrected chi connectivity index (χ0v) is 14.2. The van der Waals surface area contributed by atoms with E-state index in [1.165, 1.54) is 11.9 Å². The van der Waals surface area contributed by atoms with E-state index in [2.05, 4.69) is 5.32 Å². The van der Waals surface area contributed by atoms with E-state index in [0.717, 1.165) is 0 Å². The number of nitrogens with one attached hydrogen (secondary N) is 1. The van der Waals surface area contributed by atoms with Gasteiger partial charge in [-0.15, -0.1) is 0 Å². The molecule has 1 amide bonds. The molecule has 0 aliphatic rings. The van der Waals surface area contributed by atoms with Crippen molar-refractivity contribution in [2.24, 2.45) is 0 Å². The molecule has 1 aromatic rings. The lowest BCUT2D eigenvalue weighted by Crippen LogP contribution is -2.60. The van der Waals surface area contributed by atoms with Crippen LogP contribution in [0.1, 0.15) is 37.0 Å². The summed E-state index contributed by atoms with van der Waals surface area (Å²) < 4.78 is 0. The molecule has 0 fully saturated rings. The van der Waals surface area contributed by atoms with Crippen LogP contribution >= 0.6 is 0 Å². The topological polar surface area (TPSA) is 107 Å². The Bertz CT molecular complexity index is 590. The SMILES string of the molecule is CCN(C(=O)c1ccccc1)[C@@](CC)(CC(NC)C(=O)O)C(=O)O. The second kappa shape index (κ2) is 8.44. The lowest BCUT2D eigenvalue weighted by Gasteiger charge is -2.41. The summed E-state index contributed by atoms with van der Waals surface area (Å²) in [7, 11) is 1.45. The zero-order chi connectivity index (χ0) is 18.3. The summed E-state index contributed by atoms with van der Waals surface area (Å²) in [5, 5.41) is 21.7. The van der Waals surface area contributed by atoms with Crippen LogP contribution in [0.5, 0.6) is 0 Å². The van der Waals surface area contributed by atoms with E-state index in [-0.39, 0.29) is 19.4 Å². The highest BCUT2D eigenvalue weighted by molar-refractivity contribution is 5.98. The second-order valence-corrected chi connectivity index (χ2v) is 5.49. The van der Waals surface area contributed by atoms with E-state index >= 15 is 0 Å². The van der Waals surface area contributed by atoms with Crippen molar-refractivity contribution in [3.63, 3.8) is 0 Å². The number of hydrogen-bond acceptors (Lipinski definition) is 4. The smallest absolute Gasteiger partial charge is 0.329 e. The zero-order valence-electron chi connectivity index (χ0n) is 14.2. The number of likely N-dealkylation sites (N-methyl/N-ethyl adjacent to an activating group) is 2. The maximum atomic E-state index is 12.8. The van der Waals surface area contributed by atoms with Crippen molar-refractivity contribution in [2.75, 3.05) is 13.6 Å². The fourth-order valence-corrected chi connectivity index (χ4v) is 2.83. The molecular formula is C17H24N2O5. The molecule has 2 atom stereocenters. The van der Waals surface area contributed by atoms with Crippen LogP contribution < -0.4 is 5.32 Å². The van der Waals surface area contributed by atoms with Gasteiger partial charge in [0.15, 0.2) is 0 Å². The number of carboxylic acid groups (broad SMARTS) is 2. The van der Waals surface area contributed by atoms with E-state index in [4.69, 9.17) is 0 Å². The van der Waals surface area contributed by atoms with Gasteiger partial charge in [0, 0.05) is 18.5 Å². The predicted octanol–water partition coefficient (Wildman–Crippen LogP) is 1.44. The quantitative estimate of drug-likeness (QED) is 0.630. The highest BCUT2D eigenvalue weighted by atomic mass is 16.4. The van der Waals surface area contributed by atoms with Crippen LogP contribution in [-0.4, -0.2) is 58.1 Å². The van der Waals surface area contributed by atoms with E-state index in [1.807, 2.05) is 0 Å². The fourth-order valence-electron chi connectivity index (χ4n) is 2.83. The molecule has 24 heavy (non-hydrogen) atoms. The molecule has 0 spiro atoms. The van der Waals surface area contributed by atoms with E-state index < -0.39 is 29.4 Å². The summed E-state index contributed by atoms with van der Waals surface area (Å²) in [6, 6.07) is 7.31. The van der Waals surface area contributed by atoms with Gasteiger partial charge in [-0.25, -0.2) is 4.79 Å². The van der Waals surface area contributed by atoms with Crippen molar-refractivity contribution < 1.29 is 24.6 Å². The van der Waals surface area contributed by atoms with E-state index in [9.17, 15) is 24.6 Å². The van der Waals surface area contributed by atoms with Crippen molar-refractivity contribution in [2.45, 2.75) is 38.3 Å². The number of benzene rings is 1. The minimum atomic E-state index is -1.60. The Balaban J connectivity index is 3.32. The number of amides is 1. The van der Waals surface area contributed by atoms with E-state index in [1.54, 1.807) is 44.2 Å². The molecule has 1 unspecified atom stereocenters. The van der Waals surface area contributed by atoms with Gasteiger partial charge in [-0.05, 0) is 32.5 Å². The Morgan fingerprint density at radius 2 is 1.75 bits per heavy atom. The number of carbonyl (C=O) groups is 3. The highest BCUT2D eigenvalue weighted by Gasteiger charge is 2.47. The third kappa shape index (κ3) is 3.91. The first kappa shape index (κ1) is 19.6. The van der Waals surface area contributed by atoms with Crippen molar-refractivity contribution in [3.05, 3.63) is 35.9 Å². The molecule has 0 aliphatic carbocycles. The molecule has 0 saturated heterocycles. The van der Waals surface area contributed by atoms with Crippen molar-refractivity contribution in [1.29, 1.82) is 0 Å². The van der Waals surface area contributed by atoms with Gasteiger partial charge in [-0.1, -0.05) is 25.1 Å². The van der Waals surface area contributed by atoms with Crippen LogP contribution in [0.15, 0.2) is 30.3 Å². The number of aliphatic carboxylic acids is 2. The molecule has 0 aromatic heterocycles. The Morgan fingerprint density at radius 3 is 2.12 bits per heavy atom. The first-order chi connectivity index (χ1) is 11.3. The number of hydrogen-bond donors (Lipinski definition) is 3. The van der Waals surface area contributed by atoms with Gasteiger partial charge >= 0.3 is 11.9 Å². The van der Waals surface area contributed by atoms with Gasteiger partial charge in [0.05, 0.1) is 0 Å². The molecule has 0 saturated carbocycles. The normalized spacial score (nSPS) is 14.5. The van der Waals surface area contributed by atoms with Crippen LogP contribution in [0.4, 0.5) is 0 Å². The highest BCUT2D eigenvalue weighted by Crippen LogP contribution is 2.28. The van der Waals surface area contributed by atoms with Crippen LogP contribution in [0.3, 0.4) is 0 Å². The molecule has 1 rings (SSSR count). The summed E-state index contributed by atoms with van der Waals surface area (Å²) in [4.78, 5) is 37.5. The minimum Gasteiger partial charge on any atom is -0.480 e. The standard InChI is InChI=1S/C17H24N2O5/c1-4-17(16(23)24,11-13(18-3)15(21)22)19(5-2)14(20)12-9-7-6-8-10-12/h6-10,13,18H,4-5,11H2,1-3H3,(H,21,22)(H,23,24)/t13?,17-/m0/s1. The predicted molar refractivity (Wildman–Crippen MR) is 88.9 cm³/mol. The number of carboxylic acids is 2. The Morgan fingerprint density at radius 1 is 1.17 bits per heavy atom. The van der Waals surface area contributed by atoms with Crippen LogP contribution in [0.2, 0.25) is 0 Å². The summed E-state index contributed by atoms with van der Waals surface area (Å²) in [6.45, 7) is 3.48. The molecule has 132 valence electrons. The molecule has 7 nitrogen and oxygen atoms in total. The number of nitrogens with zero attached hydrogens (tertiary/aromatic N) is 1. The van der Waals surface area contributed by atoms with E-state index in [0.29, 0.717) is 5.56 Å². The third-order valence-electron chi connectivity index (χ3n) is 4.27. The van der Waals surface area contributed by atoms with Crippen molar-refractivity contribution in [3.8, 4) is 0 Å². The molecule has 0 heterocycles. The molecule has 1 aromatic carbocycles. The van der Waals surface area contributed by atoms with Gasteiger partial charge in [0.25, 0.3) is 5.91 Å². The first-order valence-corrected chi connectivity index (χ1v) is 7.84. The van der Waals surface area contributed by atoms with Crippen molar-refractivity contribution in [1.82, 2.24) is 10.2 Å². The lowest BCUT2D eigenvalue weighted by atomic mass is 9.85. The summed E-state index contributed by atoms with van der Waals surface area (Å²) in [6.07, 6.45) is -0.128. The minimum absolute atomic E-state index is 0.0974. The molecule has 0 aliphatic heterocycles. The Labute approximate surface area is 141 Å². The second-order valence-electron chi connectivity index (χ2n) is 5.49. The maximum Gasteiger partial charge on any atom is 0.329 e. The molecule has 0 bridgehead atoms. The van der Waals surface area contributed by atoms with Gasteiger partial charge in [0.2, 0.25) is 0 Å². The van der Waals surface area contributed by atoms with Gasteiger partial charge in [-0.3, -0.25) is 9.59 Å². The summed E-state index contributed by atoms with van der Waals surface area (Å²) in [5.74, 6) is -2.79. The Hall–Kier alpha value is -2.41. The molecule has 3 N–H and O–H groups in total. The number of rotatable bonds is 9. The average molecular weight is 336 g/mol. The lowest BCUT2D eigenvalue weighted by molar-refractivity contribution is -0.152.